The van der Waals surface area contributed by atoms with E-state index in [0.29, 0.717) is 12.5 Å². The van der Waals surface area contributed by atoms with Crippen LogP contribution in [0.5, 0.6) is 0 Å². The summed E-state index contributed by atoms with van der Waals surface area (Å²) in [6.07, 6.45) is 0.878. The van der Waals surface area contributed by atoms with E-state index in [1.165, 1.54) is 21.5 Å². The number of benzene rings is 1. The van der Waals surface area contributed by atoms with Crippen molar-refractivity contribution in [3.63, 3.8) is 0 Å². The number of hydrogen-bond acceptors (Lipinski definition) is 2. The van der Waals surface area contributed by atoms with Crippen molar-refractivity contribution in [2.75, 3.05) is 6.54 Å². The highest BCUT2D eigenvalue weighted by atomic mass is 32.1. The number of rotatable bonds is 3. The maximum Gasteiger partial charge on any atom is 0.318 e. The molecule has 2 N–H and O–H groups in total. The number of carbonyl (C=O) groups is 1. The van der Waals surface area contributed by atoms with Crippen LogP contribution in [0.4, 0.5) is 4.79 Å². The summed E-state index contributed by atoms with van der Waals surface area (Å²) in [6.45, 7) is 5.72. The van der Waals surface area contributed by atoms with Crippen LogP contribution in [0.1, 0.15) is 36.0 Å². The van der Waals surface area contributed by atoms with Gasteiger partial charge in [0.05, 0.1) is 6.04 Å². The summed E-state index contributed by atoms with van der Waals surface area (Å²) in [5.41, 5.74) is 3.69. The van der Waals surface area contributed by atoms with Crippen molar-refractivity contribution in [2.45, 2.75) is 32.9 Å². The van der Waals surface area contributed by atoms with Gasteiger partial charge in [0.1, 0.15) is 0 Å². The topological polar surface area (TPSA) is 48.1 Å². The van der Waals surface area contributed by atoms with Crippen LogP contribution in [0.15, 0.2) is 41.8 Å². The predicted molar refractivity (Wildman–Crippen MR) is 103 cm³/mol. The van der Waals surface area contributed by atoms with E-state index in [9.17, 15) is 4.79 Å². The molecular weight excluding hydrogens is 330 g/mol. The fourth-order valence-electron chi connectivity index (χ4n) is 3.60. The molecule has 25 heavy (non-hydrogen) atoms. The number of nitrogens with one attached hydrogen (secondary N) is 2. The summed E-state index contributed by atoms with van der Waals surface area (Å²) in [6, 6.07) is 12.6. The molecule has 1 aliphatic rings. The molecule has 4 rings (SSSR count). The van der Waals surface area contributed by atoms with Crippen LogP contribution in [-0.4, -0.2) is 22.5 Å². The minimum atomic E-state index is 0.0306. The van der Waals surface area contributed by atoms with Crippen molar-refractivity contribution in [3.05, 3.63) is 57.9 Å². The first-order valence-electron chi connectivity index (χ1n) is 8.81. The Balaban J connectivity index is 1.53. The van der Waals surface area contributed by atoms with Gasteiger partial charge in [0, 0.05) is 46.5 Å². The number of aromatic nitrogens is 1. The minimum Gasteiger partial charge on any atom is -0.358 e. The lowest BCUT2D eigenvalue weighted by Crippen LogP contribution is -2.44. The largest absolute Gasteiger partial charge is 0.358 e. The van der Waals surface area contributed by atoms with Crippen LogP contribution in [0.25, 0.3) is 10.9 Å². The normalized spacial score (nSPS) is 15.4. The van der Waals surface area contributed by atoms with E-state index in [2.05, 4.69) is 53.8 Å². The third-order valence-electron chi connectivity index (χ3n) is 4.97. The molecule has 0 radical (unpaired) electrons. The van der Waals surface area contributed by atoms with Crippen molar-refractivity contribution >= 4 is 28.3 Å². The third-order valence-corrected chi connectivity index (χ3v) is 5.92. The first-order valence-corrected chi connectivity index (χ1v) is 9.68. The van der Waals surface area contributed by atoms with Crippen LogP contribution in [0, 0.1) is 5.92 Å². The summed E-state index contributed by atoms with van der Waals surface area (Å²) in [5.74, 6) is 0.357. The monoisotopic (exact) mass is 353 g/mol. The van der Waals surface area contributed by atoms with Gasteiger partial charge in [-0.15, -0.1) is 11.3 Å². The summed E-state index contributed by atoms with van der Waals surface area (Å²) >= 11 is 1.70. The Kier molecular flexibility index (Phi) is 4.25. The van der Waals surface area contributed by atoms with E-state index < -0.39 is 0 Å². The maximum atomic E-state index is 12.9. The van der Waals surface area contributed by atoms with Crippen molar-refractivity contribution in [1.82, 2.24) is 15.2 Å². The number of hydrogen-bond donors (Lipinski definition) is 2. The maximum absolute atomic E-state index is 12.9. The quantitative estimate of drug-likeness (QED) is 0.705. The Hall–Kier alpha value is -2.27. The van der Waals surface area contributed by atoms with Gasteiger partial charge in [-0.25, -0.2) is 4.79 Å². The van der Waals surface area contributed by atoms with Gasteiger partial charge < -0.3 is 15.2 Å². The number of urea groups is 1. The zero-order chi connectivity index (χ0) is 17.4. The second kappa shape index (κ2) is 6.56. The highest BCUT2D eigenvalue weighted by Crippen LogP contribution is 2.29. The fourth-order valence-corrected chi connectivity index (χ4v) is 4.55. The molecule has 3 heterocycles. The van der Waals surface area contributed by atoms with Crippen molar-refractivity contribution in [1.29, 1.82) is 0 Å². The number of nitrogens with zero attached hydrogens (tertiary/aromatic N) is 1. The molecule has 0 aliphatic carbocycles. The third kappa shape index (κ3) is 3.04. The first-order chi connectivity index (χ1) is 12.1. The summed E-state index contributed by atoms with van der Waals surface area (Å²) in [5, 5.41) is 6.54. The highest BCUT2D eigenvalue weighted by Gasteiger charge is 2.27. The molecule has 1 aliphatic heterocycles. The lowest BCUT2D eigenvalue weighted by atomic mass is 10.0. The molecule has 3 aromatic rings. The van der Waals surface area contributed by atoms with Gasteiger partial charge in [0.25, 0.3) is 0 Å². The van der Waals surface area contributed by atoms with E-state index >= 15 is 0 Å². The van der Waals surface area contributed by atoms with Gasteiger partial charge in [-0.2, -0.15) is 0 Å². The number of aromatic amines is 1. The van der Waals surface area contributed by atoms with Crippen molar-refractivity contribution in [3.8, 4) is 0 Å². The molecule has 130 valence electrons. The van der Waals surface area contributed by atoms with E-state index in [0.717, 1.165) is 18.5 Å². The minimum absolute atomic E-state index is 0.0306. The molecule has 0 bridgehead atoms. The molecule has 1 aromatic carbocycles. The molecule has 5 heteroatoms. The standard InChI is InChI=1S/C20H23N3OS/c1-13(2)19(18-8-5-11-25-18)22-20(24)23-10-9-17-15(12-23)14-6-3-4-7-16(14)21-17/h3-8,11,13,19,21H,9-10,12H2,1-2H3,(H,22,24)/t19-/m0/s1. The van der Waals surface area contributed by atoms with Gasteiger partial charge in [-0.3, -0.25) is 0 Å². The Morgan fingerprint density at radius 3 is 2.84 bits per heavy atom. The Morgan fingerprint density at radius 1 is 1.24 bits per heavy atom. The average molecular weight is 353 g/mol. The number of para-hydroxylation sites is 1. The lowest BCUT2D eigenvalue weighted by Gasteiger charge is -2.30. The molecule has 0 spiro atoms. The Morgan fingerprint density at radius 2 is 2.08 bits per heavy atom. The zero-order valence-corrected chi connectivity index (χ0v) is 15.4. The molecule has 1 atom stereocenters. The summed E-state index contributed by atoms with van der Waals surface area (Å²) < 4.78 is 0. The molecule has 0 fully saturated rings. The second-order valence-electron chi connectivity index (χ2n) is 6.99. The van der Waals surface area contributed by atoms with Crippen molar-refractivity contribution in [2.24, 2.45) is 5.92 Å². The first kappa shape index (κ1) is 16.2. The Labute approximate surface area is 151 Å². The SMILES string of the molecule is CC(C)[C@H](NC(=O)N1CCc2[nH]c3ccccc3c2C1)c1cccs1. The summed E-state index contributed by atoms with van der Waals surface area (Å²) in [4.78, 5) is 19.5. The second-order valence-corrected chi connectivity index (χ2v) is 7.97. The van der Waals surface area contributed by atoms with Gasteiger partial charge >= 0.3 is 6.03 Å². The van der Waals surface area contributed by atoms with Crippen LogP contribution in [0.2, 0.25) is 0 Å². The number of H-pyrrole nitrogens is 1. The smallest absolute Gasteiger partial charge is 0.318 e. The van der Waals surface area contributed by atoms with E-state index in [4.69, 9.17) is 0 Å². The highest BCUT2D eigenvalue weighted by molar-refractivity contribution is 7.10. The van der Waals surface area contributed by atoms with Gasteiger partial charge in [-0.1, -0.05) is 38.1 Å². The van der Waals surface area contributed by atoms with Crippen LogP contribution in [-0.2, 0) is 13.0 Å². The van der Waals surface area contributed by atoms with E-state index in [1.54, 1.807) is 11.3 Å². The van der Waals surface area contributed by atoms with Crippen molar-refractivity contribution < 1.29 is 4.79 Å². The van der Waals surface area contributed by atoms with Gasteiger partial charge in [-0.05, 0) is 23.4 Å². The zero-order valence-electron chi connectivity index (χ0n) is 14.6. The van der Waals surface area contributed by atoms with E-state index in [-0.39, 0.29) is 12.1 Å². The van der Waals surface area contributed by atoms with Crippen LogP contribution < -0.4 is 5.32 Å². The molecule has 0 saturated heterocycles. The molecule has 4 nitrogen and oxygen atoms in total. The fraction of sp³-hybridized carbons (Fsp3) is 0.350. The average Bonchev–Trinajstić information content (AvgIpc) is 3.26. The lowest BCUT2D eigenvalue weighted by molar-refractivity contribution is 0.185. The van der Waals surface area contributed by atoms with Gasteiger partial charge in [0.15, 0.2) is 0 Å². The summed E-state index contributed by atoms with van der Waals surface area (Å²) in [7, 11) is 0. The predicted octanol–water partition coefficient (Wildman–Crippen LogP) is 4.69. The number of carbonyl (C=O) groups excluding carboxylic acids is 1. The number of fused-ring (bicyclic) bond motifs is 3. The number of thiophene rings is 1. The molecule has 2 aromatic heterocycles. The van der Waals surface area contributed by atoms with E-state index in [1.807, 2.05) is 17.0 Å². The van der Waals surface area contributed by atoms with Crippen LogP contribution in [0.3, 0.4) is 0 Å². The molecular formula is C20H23N3OS. The molecule has 0 unspecified atom stereocenters. The number of amides is 2. The van der Waals surface area contributed by atoms with Gasteiger partial charge in [0.2, 0.25) is 0 Å². The molecule has 2 amide bonds. The molecule has 0 saturated carbocycles. The Bertz CT molecular complexity index is 882. The van der Waals surface area contributed by atoms with Crippen LogP contribution >= 0.6 is 11.3 Å².